The van der Waals surface area contributed by atoms with Crippen LogP contribution < -0.4 is 15.1 Å². The lowest BCUT2D eigenvalue weighted by molar-refractivity contribution is -0.120. The van der Waals surface area contributed by atoms with Gasteiger partial charge in [-0.1, -0.05) is 12.1 Å². The van der Waals surface area contributed by atoms with Crippen molar-refractivity contribution < 1.29 is 9.59 Å². The maximum absolute atomic E-state index is 13.5. The van der Waals surface area contributed by atoms with Gasteiger partial charge in [-0.15, -0.1) is 11.3 Å². The van der Waals surface area contributed by atoms with Crippen LogP contribution >= 0.6 is 11.3 Å². The molecule has 1 aromatic heterocycles. The first-order valence-corrected chi connectivity index (χ1v) is 11.8. The van der Waals surface area contributed by atoms with Crippen molar-refractivity contribution in [2.24, 2.45) is 0 Å². The van der Waals surface area contributed by atoms with E-state index in [4.69, 9.17) is 0 Å². The predicted molar refractivity (Wildman–Crippen MR) is 131 cm³/mol. The van der Waals surface area contributed by atoms with Crippen molar-refractivity contribution in [3.8, 4) is 0 Å². The maximum atomic E-state index is 13.5. The highest BCUT2D eigenvalue weighted by Gasteiger charge is 2.40. The number of carbonyl (C=O) groups is 2. The molecule has 2 amide bonds. The third kappa shape index (κ3) is 3.60. The summed E-state index contributed by atoms with van der Waals surface area (Å²) in [5.74, 6) is -0.622. The number of benzene rings is 2. The van der Waals surface area contributed by atoms with Gasteiger partial charge in [0.25, 0.3) is 11.8 Å². The quantitative estimate of drug-likeness (QED) is 0.539. The zero-order chi connectivity index (χ0) is 22.2. The van der Waals surface area contributed by atoms with Gasteiger partial charge in [-0.05, 0) is 85.7 Å². The summed E-state index contributed by atoms with van der Waals surface area (Å²) in [4.78, 5) is 31.4. The first kappa shape index (κ1) is 20.5. The second kappa shape index (κ2) is 8.28. The molecule has 1 N–H and O–H groups in total. The van der Waals surface area contributed by atoms with Gasteiger partial charge in [-0.25, -0.2) is 4.90 Å². The van der Waals surface area contributed by atoms with E-state index in [2.05, 4.69) is 10.2 Å². The minimum atomic E-state index is -0.328. The third-order valence-corrected chi connectivity index (χ3v) is 7.09. The molecule has 0 radical (unpaired) electrons. The topological polar surface area (TPSA) is 52.7 Å². The van der Waals surface area contributed by atoms with Crippen molar-refractivity contribution >= 4 is 45.8 Å². The molecule has 1 fully saturated rings. The largest absolute Gasteiger partial charge is 0.372 e. The Morgan fingerprint density at radius 2 is 1.56 bits per heavy atom. The molecule has 2 aliphatic rings. The second-order valence-corrected chi connectivity index (χ2v) is 9.26. The number of nitrogens with one attached hydrogen (secondary N) is 1. The van der Waals surface area contributed by atoms with Crippen LogP contribution in [0.4, 0.5) is 17.1 Å². The van der Waals surface area contributed by atoms with Crippen LogP contribution in [0, 0.1) is 13.8 Å². The zero-order valence-electron chi connectivity index (χ0n) is 18.2. The summed E-state index contributed by atoms with van der Waals surface area (Å²) in [5, 5.41) is 5.17. The van der Waals surface area contributed by atoms with Crippen LogP contribution in [0.25, 0.3) is 5.57 Å². The second-order valence-electron chi connectivity index (χ2n) is 8.31. The van der Waals surface area contributed by atoms with Crippen molar-refractivity contribution in [1.29, 1.82) is 0 Å². The standard InChI is InChI=1S/C26H25N3O2S/c1-17-7-8-19(16-18(17)2)27-24-23(22-6-5-15-32-22)25(30)29(26(24)31)21-11-9-20(10-12-21)28-13-3-4-14-28/h5-12,15-16,27H,3-4,13-14H2,1-2H3. The van der Waals surface area contributed by atoms with Crippen molar-refractivity contribution in [1.82, 2.24) is 0 Å². The van der Waals surface area contributed by atoms with Gasteiger partial charge in [-0.2, -0.15) is 0 Å². The van der Waals surface area contributed by atoms with Gasteiger partial charge < -0.3 is 10.2 Å². The van der Waals surface area contributed by atoms with Gasteiger partial charge >= 0.3 is 0 Å². The molecule has 5 nitrogen and oxygen atoms in total. The molecule has 1 saturated heterocycles. The van der Waals surface area contributed by atoms with E-state index in [-0.39, 0.29) is 11.8 Å². The highest BCUT2D eigenvalue weighted by atomic mass is 32.1. The summed E-state index contributed by atoms with van der Waals surface area (Å²) in [6.07, 6.45) is 2.40. The number of hydrogen-bond acceptors (Lipinski definition) is 5. The molecular formula is C26H25N3O2S. The van der Waals surface area contributed by atoms with Gasteiger partial charge in [0, 0.05) is 29.3 Å². The molecule has 0 unspecified atom stereocenters. The molecule has 0 atom stereocenters. The van der Waals surface area contributed by atoms with E-state index < -0.39 is 0 Å². The Labute approximate surface area is 192 Å². The highest BCUT2D eigenvalue weighted by molar-refractivity contribution is 7.11. The Morgan fingerprint density at radius 1 is 0.844 bits per heavy atom. The molecular weight excluding hydrogens is 418 g/mol. The number of anilines is 3. The highest BCUT2D eigenvalue weighted by Crippen LogP contribution is 2.36. The number of aryl methyl sites for hydroxylation is 2. The number of amides is 2. The molecule has 2 aromatic carbocycles. The van der Waals surface area contributed by atoms with Crippen molar-refractivity contribution in [2.75, 3.05) is 28.2 Å². The monoisotopic (exact) mass is 443 g/mol. The van der Waals surface area contributed by atoms with Crippen LogP contribution in [0.5, 0.6) is 0 Å². The minimum absolute atomic E-state index is 0.294. The first-order valence-electron chi connectivity index (χ1n) is 10.9. The molecule has 3 aromatic rings. The van der Waals surface area contributed by atoms with E-state index in [9.17, 15) is 9.59 Å². The Kier molecular flexibility index (Phi) is 5.31. The minimum Gasteiger partial charge on any atom is -0.372 e. The van der Waals surface area contributed by atoms with Crippen molar-refractivity contribution in [3.63, 3.8) is 0 Å². The maximum Gasteiger partial charge on any atom is 0.282 e. The van der Waals surface area contributed by atoms with Crippen LogP contribution in [-0.2, 0) is 9.59 Å². The van der Waals surface area contributed by atoms with E-state index in [0.717, 1.165) is 34.9 Å². The molecule has 2 aliphatic heterocycles. The van der Waals surface area contributed by atoms with E-state index >= 15 is 0 Å². The van der Waals surface area contributed by atoms with Crippen molar-refractivity contribution in [3.05, 3.63) is 81.7 Å². The van der Waals surface area contributed by atoms with Gasteiger partial charge in [0.05, 0.1) is 11.3 Å². The van der Waals surface area contributed by atoms with E-state index in [1.54, 1.807) is 0 Å². The number of hydrogen-bond donors (Lipinski definition) is 1. The Balaban J connectivity index is 1.50. The fourth-order valence-electron chi connectivity index (χ4n) is 4.28. The smallest absolute Gasteiger partial charge is 0.282 e. The van der Waals surface area contributed by atoms with Gasteiger partial charge in [0.2, 0.25) is 0 Å². The lowest BCUT2D eigenvalue weighted by Crippen LogP contribution is -2.32. The van der Waals surface area contributed by atoms with Crippen LogP contribution in [0.3, 0.4) is 0 Å². The molecule has 0 aliphatic carbocycles. The summed E-state index contributed by atoms with van der Waals surface area (Å²) < 4.78 is 0. The first-order chi connectivity index (χ1) is 15.5. The molecule has 32 heavy (non-hydrogen) atoms. The van der Waals surface area contributed by atoms with Gasteiger partial charge in [0.15, 0.2) is 0 Å². The number of nitrogens with zero attached hydrogens (tertiary/aromatic N) is 2. The van der Waals surface area contributed by atoms with E-state index in [1.807, 2.05) is 73.8 Å². The summed E-state index contributed by atoms with van der Waals surface area (Å²) >= 11 is 1.46. The van der Waals surface area contributed by atoms with Crippen LogP contribution in [0.1, 0.15) is 28.8 Å². The normalized spacial score (nSPS) is 16.4. The fraction of sp³-hybridized carbons (Fsp3) is 0.231. The zero-order valence-corrected chi connectivity index (χ0v) is 19.0. The summed E-state index contributed by atoms with van der Waals surface area (Å²) in [7, 11) is 0. The van der Waals surface area contributed by atoms with Crippen LogP contribution in [-0.4, -0.2) is 24.9 Å². The third-order valence-electron chi connectivity index (χ3n) is 6.21. The SMILES string of the molecule is Cc1ccc(NC2=C(c3cccs3)C(=O)N(c3ccc(N4CCCC4)cc3)C2=O)cc1C. The van der Waals surface area contributed by atoms with Gasteiger partial charge in [0.1, 0.15) is 5.70 Å². The number of carbonyl (C=O) groups excluding carboxylic acids is 2. The number of thiophene rings is 1. The number of rotatable bonds is 5. The Morgan fingerprint density at radius 3 is 2.22 bits per heavy atom. The molecule has 0 spiro atoms. The summed E-state index contributed by atoms with van der Waals surface area (Å²) in [5.41, 5.74) is 5.57. The Hall–Kier alpha value is -3.38. The average Bonchev–Trinajstić information content (AvgIpc) is 3.54. The van der Waals surface area contributed by atoms with E-state index in [0.29, 0.717) is 17.0 Å². The average molecular weight is 444 g/mol. The predicted octanol–water partition coefficient (Wildman–Crippen LogP) is 5.36. The van der Waals surface area contributed by atoms with E-state index in [1.165, 1.54) is 34.6 Å². The lowest BCUT2D eigenvalue weighted by atomic mass is 10.1. The number of imide groups is 1. The van der Waals surface area contributed by atoms with Gasteiger partial charge in [-0.3, -0.25) is 9.59 Å². The van der Waals surface area contributed by atoms with Crippen LogP contribution in [0.2, 0.25) is 0 Å². The Bertz CT molecular complexity index is 1210. The lowest BCUT2D eigenvalue weighted by Gasteiger charge is -2.20. The molecule has 3 heterocycles. The molecule has 162 valence electrons. The molecule has 5 rings (SSSR count). The fourth-order valence-corrected chi connectivity index (χ4v) is 5.05. The molecule has 0 saturated carbocycles. The van der Waals surface area contributed by atoms with Crippen molar-refractivity contribution in [2.45, 2.75) is 26.7 Å². The summed E-state index contributed by atoms with van der Waals surface area (Å²) in [6.45, 7) is 6.18. The molecule has 0 bridgehead atoms. The summed E-state index contributed by atoms with van der Waals surface area (Å²) in [6, 6.07) is 17.5. The molecule has 6 heteroatoms. The van der Waals surface area contributed by atoms with Crippen LogP contribution in [0.15, 0.2) is 65.7 Å².